The number of halogens is 1. The molecular formula is C15H15ClN6O. The van der Waals surface area contributed by atoms with Gasteiger partial charge in [-0.3, -0.25) is 4.79 Å². The van der Waals surface area contributed by atoms with Crippen LogP contribution in [0.25, 0.3) is 11.2 Å². The van der Waals surface area contributed by atoms with Crippen molar-refractivity contribution in [3.8, 4) is 0 Å². The highest BCUT2D eigenvalue weighted by molar-refractivity contribution is 6.30. The van der Waals surface area contributed by atoms with Crippen LogP contribution in [0.4, 0.5) is 11.5 Å². The van der Waals surface area contributed by atoms with Crippen LogP contribution >= 0.6 is 11.6 Å². The molecule has 0 fully saturated rings. The Kier molecular flexibility index (Phi) is 4.38. The van der Waals surface area contributed by atoms with Crippen LogP contribution in [0, 0.1) is 0 Å². The average Bonchev–Trinajstić information content (AvgIpc) is 2.96. The van der Waals surface area contributed by atoms with Crippen LogP contribution in [-0.4, -0.2) is 32.5 Å². The number of aromatic nitrogens is 4. The van der Waals surface area contributed by atoms with Gasteiger partial charge < -0.3 is 15.2 Å². The van der Waals surface area contributed by atoms with E-state index in [-0.39, 0.29) is 5.91 Å². The van der Waals surface area contributed by atoms with Gasteiger partial charge in [-0.15, -0.1) is 0 Å². The molecule has 118 valence electrons. The predicted octanol–water partition coefficient (Wildman–Crippen LogP) is 2.55. The molecular weight excluding hydrogens is 316 g/mol. The molecule has 23 heavy (non-hydrogen) atoms. The summed E-state index contributed by atoms with van der Waals surface area (Å²) in [6.45, 7) is 0.477. The zero-order chi connectivity index (χ0) is 16.2. The van der Waals surface area contributed by atoms with Crippen molar-refractivity contribution < 1.29 is 4.79 Å². The maximum absolute atomic E-state index is 12.1. The SMILES string of the molecule is CNc1ncnc2ncn(CCC(=O)Nc3cccc(Cl)c3)c12. The minimum Gasteiger partial charge on any atom is -0.371 e. The summed E-state index contributed by atoms with van der Waals surface area (Å²) in [5.74, 6) is 0.583. The van der Waals surface area contributed by atoms with Crippen LogP contribution in [0.5, 0.6) is 0 Å². The molecule has 0 radical (unpaired) electrons. The van der Waals surface area contributed by atoms with Gasteiger partial charge in [-0.1, -0.05) is 17.7 Å². The Morgan fingerprint density at radius 2 is 2.17 bits per heavy atom. The van der Waals surface area contributed by atoms with Gasteiger partial charge in [0.15, 0.2) is 11.5 Å². The molecule has 0 saturated carbocycles. The Labute approximate surface area is 137 Å². The van der Waals surface area contributed by atoms with Gasteiger partial charge in [0.1, 0.15) is 11.8 Å². The van der Waals surface area contributed by atoms with Gasteiger partial charge >= 0.3 is 0 Å². The van der Waals surface area contributed by atoms with Crippen molar-refractivity contribution in [2.75, 3.05) is 17.7 Å². The number of anilines is 2. The van der Waals surface area contributed by atoms with Crippen LogP contribution in [0.3, 0.4) is 0 Å². The number of fused-ring (bicyclic) bond motifs is 1. The van der Waals surface area contributed by atoms with E-state index in [1.54, 1.807) is 37.6 Å². The fourth-order valence-corrected chi connectivity index (χ4v) is 2.47. The predicted molar refractivity (Wildman–Crippen MR) is 89.6 cm³/mol. The molecule has 8 heteroatoms. The zero-order valence-corrected chi connectivity index (χ0v) is 13.2. The third-order valence-corrected chi connectivity index (χ3v) is 3.57. The minimum atomic E-state index is -0.100. The van der Waals surface area contributed by atoms with Gasteiger partial charge in [0, 0.05) is 30.7 Å². The third-order valence-electron chi connectivity index (χ3n) is 3.33. The van der Waals surface area contributed by atoms with E-state index < -0.39 is 0 Å². The smallest absolute Gasteiger partial charge is 0.226 e. The van der Waals surface area contributed by atoms with Crippen molar-refractivity contribution in [3.05, 3.63) is 41.9 Å². The lowest BCUT2D eigenvalue weighted by atomic mass is 10.3. The highest BCUT2D eigenvalue weighted by Crippen LogP contribution is 2.18. The lowest BCUT2D eigenvalue weighted by Crippen LogP contribution is -2.14. The summed E-state index contributed by atoms with van der Waals surface area (Å²) in [7, 11) is 1.78. The third kappa shape index (κ3) is 3.40. The number of rotatable bonds is 5. The number of nitrogens with zero attached hydrogens (tertiary/aromatic N) is 4. The summed E-state index contributed by atoms with van der Waals surface area (Å²) < 4.78 is 1.86. The second-order valence-electron chi connectivity index (χ2n) is 4.89. The molecule has 0 bridgehead atoms. The number of hydrogen-bond acceptors (Lipinski definition) is 5. The lowest BCUT2D eigenvalue weighted by molar-refractivity contribution is -0.116. The summed E-state index contributed by atoms with van der Waals surface area (Å²) in [5, 5.41) is 6.40. The first-order valence-corrected chi connectivity index (χ1v) is 7.44. The van der Waals surface area contributed by atoms with Gasteiger partial charge in [-0.05, 0) is 18.2 Å². The molecule has 2 aromatic heterocycles. The summed E-state index contributed by atoms with van der Waals surface area (Å²) in [4.78, 5) is 24.6. The first-order chi connectivity index (χ1) is 11.2. The molecule has 2 heterocycles. The standard InChI is InChI=1S/C15H15ClN6O/c1-17-14-13-15(19-8-18-14)20-9-22(13)6-5-12(23)21-11-4-2-3-10(16)7-11/h2-4,7-9H,5-6H2,1H3,(H,21,23)(H,17,18,19). The topological polar surface area (TPSA) is 84.7 Å². The number of aryl methyl sites for hydroxylation is 1. The van der Waals surface area contributed by atoms with E-state index in [9.17, 15) is 4.79 Å². The van der Waals surface area contributed by atoms with Crippen LogP contribution in [0.15, 0.2) is 36.9 Å². The van der Waals surface area contributed by atoms with Crippen molar-refractivity contribution in [1.82, 2.24) is 19.5 Å². The van der Waals surface area contributed by atoms with E-state index in [1.807, 2.05) is 4.57 Å². The molecule has 2 N–H and O–H groups in total. The molecule has 0 aliphatic rings. The van der Waals surface area contributed by atoms with Crippen molar-refractivity contribution in [1.29, 1.82) is 0 Å². The maximum Gasteiger partial charge on any atom is 0.226 e. The fourth-order valence-electron chi connectivity index (χ4n) is 2.27. The molecule has 0 atom stereocenters. The van der Waals surface area contributed by atoms with E-state index >= 15 is 0 Å². The Bertz CT molecular complexity index is 847. The van der Waals surface area contributed by atoms with Crippen LogP contribution in [0.2, 0.25) is 5.02 Å². The molecule has 7 nitrogen and oxygen atoms in total. The van der Waals surface area contributed by atoms with Gasteiger partial charge in [-0.2, -0.15) is 0 Å². The van der Waals surface area contributed by atoms with Gasteiger partial charge in [-0.25, -0.2) is 15.0 Å². The number of amides is 1. The normalized spacial score (nSPS) is 10.7. The summed E-state index contributed by atoms with van der Waals surface area (Å²) >= 11 is 5.90. The van der Waals surface area contributed by atoms with Crippen molar-refractivity contribution >= 4 is 40.2 Å². The van der Waals surface area contributed by atoms with E-state index in [0.29, 0.717) is 35.1 Å². The van der Waals surface area contributed by atoms with Crippen molar-refractivity contribution in [2.45, 2.75) is 13.0 Å². The Hall–Kier alpha value is -2.67. The quantitative estimate of drug-likeness (QED) is 0.751. The molecule has 3 aromatic rings. The molecule has 3 rings (SSSR count). The molecule has 0 spiro atoms. The summed E-state index contributed by atoms with van der Waals surface area (Å²) in [6, 6.07) is 7.05. The van der Waals surface area contributed by atoms with E-state index in [1.165, 1.54) is 6.33 Å². The Morgan fingerprint density at radius 1 is 1.30 bits per heavy atom. The second-order valence-corrected chi connectivity index (χ2v) is 5.33. The van der Waals surface area contributed by atoms with Crippen LogP contribution in [-0.2, 0) is 11.3 Å². The number of benzene rings is 1. The monoisotopic (exact) mass is 330 g/mol. The first kappa shape index (κ1) is 15.2. The number of carbonyl (C=O) groups is 1. The first-order valence-electron chi connectivity index (χ1n) is 7.06. The highest BCUT2D eigenvalue weighted by atomic mass is 35.5. The molecule has 1 amide bonds. The van der Waals surface area contributed by atoms with Crippen LogP contribution in [0.1, 0.15) is 6.42 Å². The lowest BCUT2D eigenvalue weighted by Gasteiger charge is -2.08. The minimum absolute atomic E-state index is 0.100. The number of imidazole rings is 1. The number of nitrogens with one attached hydrogen (secondary N) is 2. The van der Waals surface area contributed by atoms with Crippen LogP contribution < -0.4 is 10.6 Å². The van der Waals surface area contributed by atoms with Gasteiger partial charge in [0.2, 0.25) is 5.91 Å². The van der Waals surface area contributed by atoms with E-state index in [4.69, 9.17) is 11.6 Å². The molecule has 0 saturated heterocycles. The largest absolute Gasteiger partial charge is 0.371 e. The maximum atomic E-state index is 12.1. The Morgan fingerprint density at radius 3 is 2.96 bits per heavy atom. The molecule has 0 aliphatic carbocycles. The van der Waals surface area contributed by atoms with Crippen molar-refractivity contribution in [2.24, 2.45) is 0 Å². The molecule has 0 aliphatic heterocycles. The molecule has 1 aromatic carbocycles. The zero-order valence-electron chi connectivity index (χ0n) is 12.5. The van der Waals surface area contributed by atoms with E-state index in [0.717, 1.165) is 5.52 Å². The fraction of sp³-hybridized carbons (Fsp3) is 0.200. The summed E-state index contributed by atoms with van der Waals surface area (Å²) in [6.07, 6.45) is 3.42. The van der Waals surface area contributed by atoms with Crippen molar-refractivity contribution in [3.63, 3.8) is 0 Å². The number of carbonyl (C=O) groups excluding carboxylic acids is 1. The summed E-state index contributed by atoms with van der Waals surface area (Å²) in [5.41, 5.74) is 2.06. The molecule has 0 unspecified atom stereocenters. The van der Waals surface area contributed by atoms with Gasteiger partial charge in [0.25, 0.3) is 0 Å². The number of hydrogen-bond donors (Lipinski definition) is 2. The second kappa shape index (κ2) is 6.62. The Balaban J connectivity index is 1.70. The van der Waals surface area contributed by atoms with Gasteiger partial charge in [0.05, 0.1) is 6.33 Å². The highest BCUT2D eigenvalue weighted by Gasteiger charge is 2.11. The van der Waals surface area contributed by atoms with E-state index in [2.05, 4.69) is 25.6 Å². The average molecular weight is 331 g/mol.